The summed E-state index contributed by atoms with van der Waals surface area (Å²) in [5, 5.41) is 0. The number of rotatable bonds is 5. The zero-order valence-electron chi connectivity index (χ0n) is 11.8. The fraction of sp³-hybridized carbons (Fsp3) is 0.333. The largest absolute Gasteiger partial charge is 0.370 e. The summed E-state index contributed by atoms with van der Waals surface area (Å²) in [7, 11) is 0. The number of anilines is 1. The second-order valence-corrected chi connectivity index (χ2v) is 5.51. The van der Waals surface area contributed by atoms with Crippen LogP contribution in [0, 0.1) is 0 Å². The molecule has 0 bridgehead atoms. The van der Waals surface area contributed by atoms with E-state index < -0.39 is 0 Å². The van der Waals surface area contributed by atoms with Gasteiger partial charge in [0.1, 0.15) is 0 Å². The van der Waals surface area contributed by atoms with E-state index in [2.05, 4.69) is 59.5 Å². The van der Waals surface area contributed by atoms with Crippen molar-refractivity contribution < 1.29 is 0 Å². The predicted octanol–water partition coefficient (Wildman–Crippen LogP) is 3.18. The van der Waals surface area contributed by atoms with Gasteiger partial charge in [-0.3, -0.25) is 0 Å². The van der Waals surface area contributed by atoms with Crippen LogP contribution in [0.2, 0.25) is 0 Å². The summed E-state index contributed by atoms with van der Waals surface area (Å²) in [6.07, 6.45) is 2.18. The van der Waals surface area contributed by atoms with E-state index in [9.17, 15) is 0 Å². The summed E-state index contributed by atoms with van der Waals surface area (Å²) in [6, 6.07) is 19.5. The number of nitrogens with two attached hydrogens (primary N) is 1. The lowest BCUT2D eigenvalue weighted by Gasteiger charge is -2.20. The Bertz CT molecular complexity index is 550. The van der Waals surface area contributed by atoms with Gasteiger partial charge in [0.2, 0.25) is 0 Å². The van der Waals surface area contributed by atoms with Gasteiger partial charge >= 0.3 is 0 Å². The molecule has 2 N–H and O–H groups in total. The van der Waals surface area contributed by atoms with Crippen LogP contribution in [-0.2, 0) is 6.42 Å². The van der Waals surface area contributed by atoms with Crippen molar-refractivity contribution in [1.29, 1.82) is 0 Å². The Morgan fingerprint density at radius 1 is 1.00 bits per heavy atom. The van der Waals surface area contributed by atoms with E-state index in [1.807, 2.05) is 0 Å². The molecule has 0 amide bonds. The molecule has 0 saturated heterocycles. The van der Waals surface area contributed by atoms with E-state index >= 15 is 0 Å². The van der Waals surface area contributed by atoms with Crippen molar-refractivity contribution in [2.45, 2.75) is 18.8 Å². The van der Waals surface area contributed by atoms with Gasteiger partial charge in [0.05, 0.1) is 0 Å². The molecule has 0 aromatic heterocycles. The highest BCUT2D eigenvalue weighted by atomic mass is 15.2. The summed E-state index contributed by atoms with van der Waals surface area (Å²) in [5.74, 6) is 0.604. The van der Waals surface area contributed by atoms with Gasteiger partial charge < -0.3 is 10.6 Å². The molecule has 0 radical (unpaired) electrons. The normalized spacial score (nSPS) is 17.2. The van der Waals surface area contributed by atoms with Crippen molar-refractivity contribution >= 4 is 5.69 Å². The van der Waals surface area contributed by atoms with Crippen LogP contribution >= 0.6 is 0 Å². The zero-order valence-corrected chi connectivity index (χ0v) is 11.8. The Morgan fingerprint density at radius 2 is 1.75 bits per heavy atom. The minimum atomic E-state index is 0.604. The molecule has 2 heteroatoms. The Labute approximate surface area is 121 Å². The molecule has 0 spiro atoms. The Hall–Kier alpha value is -1.80. The number of benzene rings is 2. The summed E-state index contributed by atoms with van der Waals surface area (Å²) in [4.78, 5) is 2.52. The highest BCUT2D eigenvalue weighted by molar-refractivity contribution is 5.60. The van der Waals surface area contributed by atoms with Crippen molar-refractivity contribution in [3.8, 4) is 0 Å². The predicted molar refractivity (Wildman–Crippen MR) is 85.2 cm³/mol. The molecule has 1 atom stereocenters. The fourth-order valence-corrected chi connectivity index (χ4v) is 3.15. The van der Waals surface area contributed by atoms with Crippen LogP contribution in [-0.4, -0.2) is 19.6 Å². The van der Waals surface area contributed by atoms with Gasteiger partial charge in [0, 0.05) is 24.7 Å². The third kappa shape index (κ3) is 2.70. The first-order chi connectivity index (χ1) is 9.88. The Morgan fingerprint density at radius 3 is 2.55 bits per heavy atom. The van der Waals surface area contributed by atoms with Crippen LogP contribution < -0.4 is 10.6 Å². The maximum Gasteiger partial charge on any atom is 0.0402 e. The van der Waals surface area contributed by atoms with Gasteiger partial charge in [0.15, 0.2) is 0 Å². The molecule has 2 aromatic rings. The van der Waals surface area contributed by atoms with Crippen molar-refractivity contribution in [2.75, 3.05) is 24.5 Å². The molecule has 3 rings (SSSR count). The Balaban J connectivity index is 1.72. The number of hydrogen-bond acceptors (Lipinski definition) is 2. The SMILES string of the molecule is NCCC1CN(CCc2ccccc2)c2ccccc21. The standard InChI is InChI=1S/C18H22N2/c19-12-10-16-14-20(18-9-5-4-8-17(16)18)13-11-15-6-2-1-3-7-15/h1-9,16H,10-14,19H2. The number of hydrogen-bond donors (Lipinski definition) is 1. The fourth-order valence-electron chi connectivity index (χ4n) is 3.15. The smallest absolute Gasteiger partial charge is 0.0402 e. The molecule has 104 valence electrons. The summed E-state index contributed by atoms with van der Waals surface area (Å²) in [5.41, 5.74) is 10.0. The third-order valence-corrected chi connectivity index (χ3v) is 4.19. The molecule has 0 fully saturated rings. The van der Waals surface area contributed by atoms with Crippen LogP contribution in [0.4, 0.5) is 5.69 Å². The maximum absolute atomic E-state index is 5.76. The quantitative estimate of drug-likeness (QED) is 0.900. The van der Waals surface area contributed by atoms with Gasteiger partial charge in [-0.1, -0.05) is 48.5 Å². The highest BCUT2D eigenvalue weighted by Gasteiger charge is 2.26. The van der Waals surface area contributed by atoms with Crippen LogP contribution in [0.1, 0.15) is 23.5 Å². The van der Waals surface area contributed by atoms with Crippen LogP contribution in [0.25, 0.3) is 0 Å². The third-order valence-electron chi connectivity index (χ3n) is 4.19. The van der Waals surface area contributed by atoms with Gasteiger partial charge in [-0.05, 0) is 36.6 Å². The topological polar surface area (TPSA) is 29.3 Å². The van der Waals surface area contributed by atoms with E-state index in [1.54, 1.807) is 0 Å². The first kappa shape index (κ1) is 13.2. The summed E-state index contributed by atoms with van der Waals surface area (Å²) < 4.78 is 0. The molecule has 2 aromatic carbocycles. The average Bonchev–Trinajstić information content (AvgIpc) is 2.85. The minimum Gasteiger partial charge on any atom is -0.370 e. The maximum atomic E-state index is 5.76. The van der Waals surface area contributed by atoms with Gasteiger partial charge in [-0.15, -0.1) is 0 Å². The highest BCUT2D eigenvalue weighted by Crippen LogP contribution is 2.37. The summed E-state index contributed by atoms with van der Waals surface area (Å²) in [6.45, 7) is 2.97. The molecule has 1 heterocycles. The van der Waals surface area contributed by atoms with Crippen LogP contribution in [0.5, 0.6) is 0 Å². The van der Waals surface area contributed by atoms with E-state index in [-0.39, 0.29) is 0 Å². The lowest BCUT2D eigenvalue weighted by molar-refractivity contribution is 0.643. The van der Waals surface area contributed by atoms with Crippen molar-refractivity contribution in [3.63, 3.8) is 0 Å². The second kappa shape index (κ2) is 6.10. The molecular weight excluding hydrogens is 244 g/mol. The van der Waals surface area contributed by atoms with E-state index in [0.29, 0.717) is 5.92 Å². The van der Waals surface area contributed by atoms with Crippen molar-refractivity contribution in [2.24, 2.45) is 5.73 Å². The molecule has 1 aliphatic heterocycles. The zero-order chi connectivity index (χ0) is 13.8. The monoisotopic (exact) mass is 266 g/mol. The van der Waals surface area contributed by atoms with E-state index in [0.717, 1.165) is 32.5 Å². The first-order valence-electron chi connectivity index (χ1n) is 7.46. The average molecular weight is 266 g/mol. The van der Waals surface area contributed by atoms with Gasteiger partial charge in [-0.25, -0.2) is 0 Å². The molecule has 20 heavy (non-hydrogen) atoms. The van der Waals surface area contributed by atoms with Crippen molar-refractivity contribution in [1.82, 2.24) is 0 Å². The molecular formula is C18H22N2. The lowest BCUT2D eigenvalue weighted by Crippen LogP contribution is -2.25. The molecule has 0 aliphatic carbocycles. The van der Waals surface area contributed by atoms with Crippen LogP contribution in [0.15, 0.2) is 54.6 Å². The van der Waals surface area contributed by atoms with Crippen LogP contribution in [0.3, 0.4) is 0 Å². The second-order valence-electron chi connectivity index (χ2n) is 5.51. The molecule has 1 unspecified atom stereocenters. The number of fused-ring (bicyclic) bond motifs is 1. The molecule has 1 aliphatic rings. The number of nitrogens with zero attached hydrogens (tertiary/aromatic N) is 1. The Kier molecular flexibility index (Phi) is 4.03. The molecule has 2 nitrogen and oxygen atoms in total. The van der Waals surface area contributed by atoms with E-state index in [4.69, 9.17) is 5.73 Å². The van der Waals surface area contributed by atoms with E-state index in [1.165, 1.54) is 16.8 Å². The van der Waals surface area contributed by atoms with Gasteiger partial charge in [-0.2, -0.15) is 0 Å². The summed E-state index contributed by atoms with van der Waals surface area (Å²) >= 11 is 0. The van der Waals surface area contributed by atoms with Crippen molar-refractivity contribution in [3.05, 3.63) is 65.7 Å². The minimum absolute atomic E-state index is 0.604. The molecule has 0 saturated carbocycles. The number of para-hydroxylation sites is 1. The van der Waals surface area contributed by atoms with Gasteiger partial charge in [0.25, 0.3) is 0 Å². The lowest BCUT2D eigenvalue weighted by atomic mass is 9.98. The first-order valence-corrected chi connectivity index (χ1v) is 7.46.